The lowest BCUT2D eigenvalue weighted by Gasteiger charge is -2.07. The second kappa shape index (κ2) is 3.22. The van der Waals surface area contributed by atoms with Crippen molar-refractivity contribution in [1.82, 2.24) is 4.13 Å². The monoisotopic (exact) mass is 143 g/mol. The van der Waals surface area contributed by atoms with Gasteiger partial charge in [-0.2, -0.15) is 4.13 Å². The van der Waals surface area contributed by atoms with Gasteiger partial charge in [-0.25, -0.2) is 0 Å². The molecule has 2 unspecified atom stereocenters. The van der Waals surface area contributed by atoms with E-state index in [2.05, 4.69) is 0 Å². The maximum absolute atomic E-state index is 9.31. The fraction of sp³-hybridized carbons (Fsp3) is 0. The zero-order valence-corrected chi connectivity index (χ0v) is 4.58. The molecule has 44 valence electrons. The highest BCUT2D eigenvalue weighted by atomic mass is 32.3. The Morgan fingerprint density at radius 1 is 1.14 bits per heavy atom. The third kappa shape index (κ3) is 6.18. The molecule has 0 aromatic heterocycles. The predicted octanol–water partition coefficient (Wildman–Crippen LogP) is -1.84. The number of nitrogens with one attached hydrogen (secondary N) is 1. The van der Waals surface area contributed by atoms with Gasteiger partial charge in [-0.1, -0.05) is 0 Å². The van der Waals surface area contributed by atoms with Crippen LogP contribution in [0.4, 0.5) is 0 Å². The predicted molar refractivity (Wildman–Crippen MR) is 21.0 cm³/mol. The molecule has 0 rings (SSSR count). The highest BCUT2D eigenvalue weighted by molar-refractivity contribution is 7.92. The Bertz CT molecular complexity index is 85.9. The van der Waals surface area contributed by atoms with Crippen LogP contribution in [0.1, 0.15) is 0 Å². The standard InChI is InChI=1S/H3NO4S2/c2-6(3)1-7(4)5/h1H,(H,2,3)(H,4,5)/p-2. The summed E-state index contributed by atoms with van der Waals surface area (Å²) in [6.07, 6.45) is 0. The van der Waals surface area contributed by atoms with E-state index in [1.807, 2.05) is 0 Å². The Kier molecular flexibility index (Phi) is 3.30. The molecule has 0 bridgehead atoms. The van der Waals surface area contributed by atoms with Crippen LogP contribution in [-0.2, 0) is 22.5 Å². The van der Waals surface area contributed by atoms with Gasteiger partial charge < -0.3 is 9.11 Å². The van der Waals surface area contributed by atoms with Gasteiger partial charge in [0, 0.05) is 22.5 Å². The molecule has 0 heterocycles. The summed E-state index contributed by atoms with van der Waals surface area (Å²) in [5, 5.41) is 0. The summed E-state index contributed by atoms with van der Waals surface area (Å²) in [6, 6.07) is 0. The van der Waals surface area contributed by atoms with Crippen molar-refractivity contribution >= 4 is 22.5 Å². The summed E-state index contributed by atoms with van der Waals surface area (Å²) in [6.45, 7) is 0. The lowest BCUT2D eigenvalue weighted by Crippen LogP contribution is -2.18. The molecule has 0 aliphatic heterocycles. The molecule has 0 saturated carbocycles. The van der Waals surface area contributed by atoms with E-state index in [0.717, 1.165) is 4.13 Å². The molecule has 0 aromatic rings. The van der Waals surface area contributed by atoms with Crippen molar-refractivity contribution in [1.29, 1.82) is 0 Å². The van der Waals surface area contributed by atoms with E-state index in [0.29, 0.717) is 0 Å². The molecule has 0 spiro atoms. The maximum atomic E-state index is 9.31. The van der Waals surface area contributed by atoms with Gasteiger partial charge in [0.25, 0.3) is 0 Å². The first-order valence-electron chi connectivity index (χ1n) is 1.07. The molecule has 0 aromatic carbocycles. The highest BCUT2D eigenvalue weighted by Gasteiger charge is 1.73. The van der Waals surface area contributed by atoms with Crippen molar-refractivity contribution in [2.24, 2.45) is 0 Å². The molecule has 1 N–H and O–H groups in total. The normalized spacial score (nSPS) is 18.6. The van der Waals surface area contributed by atoms with E-state index in [4.69, 9.17) is 0 Å². The Balaban J connectivity index is 3.32. The molecule has 7 heteroatoms. The molecule has 0 saturated heterocycles. The van der Waals surface area contributed by atoms with Gasteiger partial charge in [-0.05, 0) is 0 Å². The first-order valence-corrected chi connectivity index (χ1v) is 3.22. The van der Waals surface area contributed by atoms with Crippen LogP contribution in [0.25, 0.3) is 0 Å². The summed E-state index contributed by atoms with van der Waals surface area (Å²) in [7, 11) is 0. The van der Waals surface area contributed by atoms with Gasteiger partial charge in [-0.15, -0.1) is 0 Å². The molecule has 0 fully saturated rings. The van der Waals surface area contributed by atoms with Crippen molar-refractivity contribution in [2.45, 2.75) is 0 Å². The maximum Gasteiger partial charge on any atom is 0.0294 e. The zero-order valence-electron chi connectivity index (χ0n) is 2.95. The number of hydrogen-bond acceptors (Lipinski definition) is 4. The first-order chi connectivity index (χ1) is 3.13. The Morgan fingerprint density at radius 2 is 1.43 bits per heavy atom. The lowest BCUT2D eigenvalue weighted by atomic mass is 13.9. The van der Waals surface area contributed by atoms with Crippen LogP contribution in [0, 0.1) is 0 Å². The lowest BCUT2D eigenvalue weighted by molar-refractivity contribution is 0.515. The number of hydrogen-bond donors (Lipinski definition) is 1. The van der Waals surface area contributed by atoms with Crippen LogP contribution < -0.4 is 4.13 Å². The number of rotatable bonds is 2. The van der Waals surface area contributed by atoms with Gasteiger partial charge in [0.05, 0.1) is 0 Å². The Hall–Kier alpha value is 0.180. The van der Waals surface area contributed by atoms with E-state index in [1.54, 1.807) is 0 Å². The fourth-order valence-corrected chi connectivity index (χ4v) is 0.500. The largest absolute Gasteiger partial charge is 0.759 e. The van der Waals surface area contributed by atoms with Gasteiger partial charge in [0.15, 0.2) is 0 Å². The molecular formula is HNO4S2-2. The van der Waals surface area contributed by atoms with E-state index in [-0.39, 0.29) is 0 Å². The van der Waals surface area contributed by atoms with Crippen LogP contribution >= 0.6 is 0 Å². The molecule has 0 aliphatic carbocycles. The molecule has 7 heavy (non-hydrogen) atoms. The minimum absolute atomic E-state index is 1.14. The third-order valence-corrected chi connectivity index (χ3v) is 1.22. The summed E-state index contributed by atoms with van der Waals surface area (Å²) in [4.78, 5) is 0. The Morgan fingerprint density at radius 3 is 1.43 bits per heavy atom. The Labute approximate surface area is 44.9 Å². The van der Waals surface area contributed by atoms with Gasteiger partial charge in [-0.3, -0.25) is 8.42 Å². The molecule has 0 aliphatic rings. The summed E-state index contributed by atoms with van der Waals surface area (Å²) in [5.41, 5.74) is 0. The van der Waals surface area contributed by atoms with Gasteiger partial charge >= 0.3 is 0 Å². The average Bonchev–Trinajstić information content (AvgIpc) is 1.27. The molecule has 2 atom stereocenters. The summed E-state index contributed by atoms with van der Waals surface area (Å²) >= 11 is -5.42. The van der Waals surface area contributed by atoms with E-state index < -0.39 is 22.5 Å². The third-order valence-electron chi connectivity index (χ3n) is 0.136. The summed E-state index contributed by atoms with van der Waals surface area (Å²) < 4.78 is 38.4. The van der Waals surface area contributed by atoms with Crippen molar-refractivity contribution in [2.75, 3.05) is 0 Å². The van der Waals surface area contributed by atoms with Crippen LogP contribution in [0.15, 0.2) is 0 Å². The van der Waals surface area contributed by atoms with Gasteiger partial charge in [0.1, 0.15) is 0 Å². The first kappa shape index (κ1) is 7.18. The summed E-state index contributed by atoms with van der Waals surface area (Å²) in [5.74, 6) is 0. The minimum Gasteiger partial charge on any atom is -0.759 e. The van der Waals surface area contributed by atoms with Gasteiger partial charge in [0.2, 0.25) is 0 Å². The zero-order chi connectivity index (χ0) is 5.86. The van der Waals surface area contributed by atoms with E-state index in [1.165, 1.54) is 0 Å². The fourth-order valence-electron chi connectivity index (χ4n) is 0.0556. The average molecular weight is 143 g/mol. The smallest absolute Gasteiger partial charge is 0.0294 e. The van der Waals surface area contributed by atoms with Crippen LogP contribution in [0.3, 0.4) is 0 Å². The van der Waals surface area contributed by atoms with Crippen molar-refractivity contribution in [3.8, 4) is 0 Å². The van der Waals surface area contributed by atoms with Crippen LogP contribution in [0.2, 0.25) is 0 Å². The second-order valence-corrected chi connectivity index (χ2v) is 2.16. The molecular weight excluding hydrogens is 142 g/mol. The molecule has 0 amide bonds. The molecule has 5 nitrogen and oxygen atoms in total. The second-order valence-electron chi connectivity index (χ2n) is 0.553. The highest BCUT2D eigenvalue weighted by Crippen LogP contribution is 1.63. The van der Waals surface area contributed by atoms with Crippen LogP contribution in [-0.4, -0.2) is 17.5 Å². The SMILES string of the molecule is O=S([O-])NS(=O)[O-]. The van der Waals surface area contributed by atoms with Crippen LogP contribution in [0.5, 0.6) is 0 Å². The van der Waals surface area contributed by atoms with Crippen molar-refractivity contribution in [3.05, 3.63) is 0 Å². The quantitative estimate of drug-likeness (QED) is 0.460. The topological polar surface area (TPSA) is 92.3 Å². The minimum atomic E-state index is -2.71. The van der Waals surface area contributed by atoms with Crippen molar-refractivity contribution < 1.29 is 17.5 Å². The molecule has 0 radical (unpaired) electrons. The van der Waals surface area contributed by atoms with Crippen molar-refractivity contribution in [3.63, 3.8) is 0 Å². The van der Waals surface area contributed by atoms with E-state index in [9.17, 15) is 17.5 Å². The van der Waals surface area contributed by atoms with E-state index >= 15 is 0 Å².